The SMILES string of the molecule is COc1ccc(C)cc1NC(=O)N1Cc2ccccc2-n2cccc2[C@@H]1c1ccccc1Cl. The number of aryl methyl sites for hydroxylation is 1. The van der Waals surface area contributed by atoms with Crippen LogP contribution in [0, 0.1) is 6.92 Å². The minimum atomic E-state index is -0.378. The van der Waals surface area contributed by atoms with Gasteiger partial charge in [0, 0.05) is 11.2 Å². The number of amides is 2. The highest BCUT2D eigenvalue weighted by Crippen LogP contribution is 2.39. The maximum atomic E-state index is 13.8. The van der Waals surface area contributed by atoms with Gasteiger partial charge in [0.2, 0.25) is 0 Å². The maximum Gasteiger partial charge on any atom is 0.323 e. The van der Waals surface area contributed by atoms with E-state index >= 15 is 0 Å². The van der Waals surface area contributed by atoms with Crippen LogP contribution in [0.2, 0.25) is 5.02 Å². The highest BCUT2D eigenvalue weighted by atomic mass is 35.5. The zero-order valence-corrected chi connectivity index (χ0v) is 19.2. The second-order valence-corrected chi connectivity index (χ2v) is 8.52. The highest BCUT2D eigenvalue weighted by molar-refractivity contribution is 6.31. The fraction of sp³-hybridized carbons (Fsp3) is 0.148. The average molecular weight is 458 g/mol. The molecule has 0 fully saturated rings. The molecule has 0 bridgehead atoms. The Morgan fingerprint density at radius 1 is 1.03 bits per heavy atom. The second kappa shape index (κ2) is 8.68. The molecule has 33 heavy (non-hydrogen) atoms. The molecule has 6 heteroatoms. The Labute approximate surface area is 198 Å². The molecule has 0 radical (unpaired) electrons. The number of benzene rings is 3. The summed E-state index contributed by atoms with van der Waals surface area (Å²) in [5.74, 6) is 0.613. The van der Waals surface area contributed by atoms with Gasteiger partial charge >= 0.3 is 6.03 Å². The lowest BCUT2D eigenvalue weighted by molar-refractivity contribution is 0.194. The molecule has 2 heterocycles. The number of carbonyl (C=O) groups excluding carboxylic acids is 1. The van der Waals surface area contributed by atoms with Gasteiger partial charge in [-0.1, -0.05) is 54.1 Å². The van der Waals surface area contributed by atoms with E-state index in [9.17, 15) is 4.79 Å². The van der Waals surface area contributed by atoms with Crippen LogP contribution in [0.3, 0.4) is 0 Å². The molecule has 4 aromatic rings. The van der Waals surface area contributed by atoms with Gasteiger partial charge in [0.15, 0.2) is 0 Å². The molecule has 0 saturated carbocycles. The van der Waals surface area contributed by atoms with Crippen molar-refractivity contribution < 1.29 is 9.53 Å². The number of nitrogens with zero attached hydrogens (tertiary/aromatic N) is 2. The molecule has 1 aliphatic heterocycles. The second-order valence-electron chi connectivity index (χ2n) is 8.12. The predicted molar refractivity (Wildman–Crippen MR) is 131 cm³/mol. The van der Waals surface area contributed by atoms with Gasteiger partial charge in [0.05, 0.1) is 30.7 Å². The topological polar surface area (TPSA) is 46.5 Å². The highest BCUT2D eigenvalue weighted by Gasteiger charge is 2.34. The zero-order valence-electron chi connectivity index (χ0n) is 18.5. The van der Waals surface area contributed by atoms with Crippen molar-refractivity contribution in [2.24, 2.45) is 0 Å². The van der Waals surface area contributed by atoms with Crippen molar-refractivity contribution in [3.05, 3.63) is 112 Å². The van der Waals surface area contributed by atoms with Crippen molar-refractivity contribution in [3.63, 3.8) is 0 Å². The lowest BCUT2D eigenvalue weighted by Gasteiger charge is -2.31. The Morgan fingerprint density at radius 3 is 2.64 bits per heavy atom. The summed E-state index contributed by atoms with van der Waals surface area (Å²) in [6.07, 6.45) is 2.03. The van der Waals surface area contributed by atoms with Crippen LogP contribution in [0.5, 0.6) is 5.75 Å². The van der Waals surface area contributed by atoms with Gasteiger partial charge in [-0.3, -0.25) is 0 Å². The Kier molecular flexibility index (Phi) is 5.56. The van der Waals surface area contributed by atoms with Crippen LogP contribution in [0.4, 0.5) is 10.5 Å². The number of halogens is 1. The van der Waals surface area contributed by atoms with Crippen LogP contribution in [0.15, 0.2) is 85.1 Å². The number of carbonyl (C=O) groups is 1. The van der Waals surface area contributed by atoms with E-state index in [1.54, 1.807) is 7.11 Å². The average Bonchev–Trinajstić information content (AvgIpc) is 3.24. The normalized spacial score (nSPS) is 14.8. The molecule has 5 rings (SSSR count). The summed E-state index contributed by atoms with van der Waals surface area (Å²) in [6, 6.07) is 25.0. The van der Waals surface area contributed by atoms with Gasteiger partial charge in [-0.05, 0) is 60.0 Å². The molecular weight excluding hydrogens is 434 g/mol. The van der Waals surface area contributed by atoms with E-state index in [1.807, 2.05) is 84.8 Å². The van der Waals surface area contributed by atoms with E-state index in [0.29, 0.717) is 23.0 Å². The van der Waals surface area contributed by atoms with Crippen molar-refractivity contribution in [1.82, 2.24) is 9.47 Å². The van der Waals surface area contributed by atoms with Gasteiger partial charge in [-0.25, -0.2) is 4.79 Å². The molecule has 1 N–H and O–H groups in total. The summed E-state index contributed by atoms with van der Waals surface area (Å²) < 4.78 is 7.63. The molecule has 0 spiro atoms. The molecule has 0 unspecified atom stereocenters. The number of fused-ring (bicyclic) bond motifs is 3. The number of hydrogen-bond acceptors (Lipinski definition) is 2. The number of ether oxygens (including phenoxy) is 1. The summed E-state index contributed by atoms with van der Waals surface area (Å²) in [5.41, 5.74) is 5.61. The fourth-order valence-electron chi connectivity index (χ4n) is 4.47. The number of anilines is 1. The number of aromatic nitrogens is 1. The quantitative estimate of drug-likeness (QED) is 0.377. The van der Waals surface area contributed by atoms with Crippen molar-refractivity contribution in [1.29, 1.82) is 0 Å². The number of methoxy groups -OCH3 is 1. The summed E-state index contributed by atoms with van der Waals surface area (Å²) in [7, 11) is 1.60. The number of rotatable bonds is 3. The number of urea groups is 1. The van der Waals surface area contributed by atoms with Crippen LogP contribution < -0.4 is 10.1 Å². The number of hydrogen-bond donors (Lipinski definition) is 1. The first kappa shape index (κ1) is 21.2. The van der Waals surface area contributed by atoms with Crippen LogP contribution >= 0.6 is 11.6 Å². The Morgan fingerprint density at radius 2 is 1.82 bits per heavy atom. The minimum absolute atomic E-state index is 0.228. The Bertz CT molecular complexity index is 1330. The van der Waals surface area contributed by atoms with Gasteiger partial charge in [0.1, 0.15) is 11.8 Å². The Hall–Kier alpha value is -3.70. The summed E-state index contributed by atoms with van der Waals surface area (Å²) >= 11 is 6.67. The molecule has 5 nitrogen and oxygen atoms in total. The smallest absolute Gasteiger partial charge is 0.323 e. The molecule has 1 aliphatic rings. The molecule has 3 aromatic carbocycles. The molecule has 1 atom stereocenters. The van der Waals surface area contributed by atoms with E-state index < -0.39 is 0 Å². The minimum Gasteiger partial charge on any atom is -0.495 e. The Balaban J connectivity index is 1.65. The standard InChI is InChI=1S/C27H24ClN3O2/c1-18-13-14-25(33-2)22(16-18)29-27(32)31-17-19-8-3-6-11-23(19)30-15-7-12-24(30)26(31)20-9-4-5-10-21(20)28/h3-16,26H,17H2,1-2H3,(H,29,32)/t26-/m0/s1. The van der Waals surface area contributed by atoms with Gasteiger partial charge in [-0.15, -0.1) is 0 Å². The first-order valence-electron chi connectivity index (χ1n) is 10.8. The maximum absolute atomic E-state index is 13.8. The van der Waals surface area contributed by atoms with Crippen molar-refractivity contribution in [3.8, 4) is 11.4 Å². The first-order valence-corrected chi connectivity index (χ1v) is 11.2. The van der Waals surface area contributed by atoms with Crippen LogP contribution in [-0.2, 0) is 6.54 Å². The van der Waals surface area contributed by atoms with Crippen molar-refractivity contribution in [2.75, 3.05) is 12.4 Å². The fourth-order valence-corrected chi connectivity index (χ4v) is 4.71. The molecule has 1 aromatic heterocycles. The predicted octanol–water partition coefficient (Wildman–Crippen LogP) is 6.58. The molecule has 0 aliphatic carbocycles. The van der Waals surface area contributed by atoms with Crippen molar-refractivity contribution in [2.45, 2.75) is 19.5 Å². The molecule has 2 amide bonds. The lowest BCUT2D eigenvalue weighted by Crippen LogP contribution is -2.38. The third-order valence-corrected chi connectivity index (χ3v) is 6.37. The van der Waals surface area contributed by atoms with Crippen LogP contribution in [-0.4, -0.2) is 22.6 Å². The van der Waals surface area contributed by atoms with Crippen LogP contribution in [0.1, 0.15) is 28.4 Å². The summed E-state index contributed by atoms with van der Waals surface area (Å²) in [5, 5.41) is 3.70. The number of nitrogens with one attached hydrogen (secondary N) is 1. The van der Waals surface area contributed by atoms with Gasteiger partial charge < -0.3 is 19.5 Å². The van der Waals surface area contributed by atoms with Gasteiger partial charge in [-0.2, -0.15) is 0 Å². The van der Waals surface area contributed by atoms with E-state index in [0.717, 1.165) is 28.1 Å². The van der Waals surface area contributed by atoms with Gasteiger partial charge in [0.25, 0.3) is 0 Å². The monoisotopic (exact) mass is 457 g/mol. The van der Waals surface area contributed by atoms with E-state index in [4.69, 9.17) is 16.3 Å². The third-order valence-electron chi connectivity index (χ3n) is 6.02. The summed E-state index contributed by atoms with van der Waals surface area (Å²) in [6.45, 7) is 2.41. The van der Waals surface area contributed by atoms with E-state index in [-0.39, 0.29) is 12.1 Å². The van der Waals surface area contributed by atoms with E-state index in [1.165, 1.54) is 0 Å². The van der Waals surface area contributed by atoms with E-state index in [2.05, 4.69) is 22.0 Å². The van der Waals surface area contributed by atoms with Crippen LogP contribution in [0.25, 0.3) is 5.69 Å². The largest absolute Gasteiger partial charge is 0.495 e. The first-order chi connectivity index (χ1) is 16.1. The summed E-state index contributed by atoms with van der Waals surface area (Å²) in [4.78, 5) is 15.7. The lowest BCUT2D eigenvalue weighted by atomic mass is 10.0. The molecule has 166 valence electrons. The zero-order chi connectivity index (χ0) is 22.9. The van der Waals surface area contributed by atoms with Crippen molar-refractivity contribution >= 4 is 23.3 Å². The molecule has 0 saturated heterocycles. The number of para-hydroxylation sites is 1. The molecular formula is C27H24ClN3O2. The third kappa shape index (κ3) is 3.85.